The second-order valence-corrected chi connectivity index (χ2v) is 10.1. The van der Waals surface area contributed by atoms with E-state index < -0.39 is 6.04 Å². The second-order valence-electron chi connectivity index (χ2n) is 9.47. The van der Waals surface area contributed by atoms with Crippen LogP contribution in [0.5, 0.6) is 0 Å². The Morgan fingerprint density at radius 1 is 1.20 bits per heavy atom. The van der Waals surface area contributed by atoms with Gasteiger partial charge in [-0.1, -0.05) is 29.8 Å². The first-order valence-corrected chi connectivity index (χ1v) is 14.0. The number of nitrogens with zero attached hydrogens (tertiary/aromatic N) is 5. The van der Waals surface area contributed by atoms with E-state index in [-0.39, 0.29) is 67.8 Å². The summed E-state index contributed by atoms with van der Waals surface area (Å²) in [5, 5.41) is 22.0. The van der Waals surface area contributed by atoms with Crippen molar-refractivity contribution >= 4 is 58.8 Å². The van der Waals surface area contributed by atoms with Crippen LogP contribution in [0.2, 0.25) is 5.02 Å². The highest BCUT2D eigenvalue weighted by molar-refractivity contribution is 6.31. The van der Waals surface area contributed by atoms with E-state index >= 15 is 0 Å². The summed E-state index contributed by atoms with van der Waals surface area (Å²) in [6, 6.07) is 6.08. The summed E-state index contributed by atoms with van der Waals surface area (Å²) in [4.78, 5) is 54.5. The molecular weight excluding hydrogens is 561 g/mol. The number of benzene rings is 1. The Morgan fingerprint density at radius 3 is 2.65 bits per heavy atom. The zero-order valence-corrected chi connectivity index (χ0v) is 23.6. The van der Waals surface area contributed by atoms with Crippen LogP contribution in [0.4, 0.5) is 17.8 Å². The van der Waals surface area contributed by atoms with Gasteiger partial charge in [0.2, 0.25) is 35.6 Å². The Morgan fingerprint density at radius 2 is 1.98 bits per heavy atom. The molecule has 5 N–H and O–H groups in total. The fraction of sp³-hybridized carbons (Fsp3) is 0.520. The molecule has 0 saturated carbocycles. The van der Waals surface area contributed by atoms with Gasteiger partial charge in [0.15, 0.2) is 0 Å². The SMILES string of the molecule is CNc1nc(N[C@@H](CCO)c2ccccc2Cl)nc(N2CCN(C(=O)CCl)C(C(=O)NCC3CCNC3=O)C2)n1. The molecule has 3 atom stereocenters. The number of hydrogen-bond donors (Lipinski definition) is 5. The predicted octanol–water partition coefficient (Wildman–Crippen LogP) is 0.611. The highest BCUT2D eigenvalue weighted by atomic mass is 35.5. The number of anilines is 3. The van der Waals surface area contributed by atoms with Gasteiger partial charge in [-0.25, -0.2) is 0 Å². The molecule has 0 spiro atoms. The third-order valence-electron chi connectivity index (χ3n) is 6.93. The summed E-state index contributed by atoms with van der Waals surface area (Å²) in [6.07, 6.45) is 0.999. The van der Waals surface area contributed by atoms with E-state index in [1.54, 1.807) is 18.0 Å². The molecule has 2 saturated heterocycles. The number of carbonyl (C=O) groups is 3. The Bertz CT molecular complexity index is 1220. The van der Waals surface area contributed by atoms with Gasteiger partial charge in [0, 0.05) is 44.9 Å². The van der Waals surface area contributed by atoms with Crippen LogP contribution in [-0.4, -0.2) is 101 Å². The molecule has 15 heteroatoms. The van der Waals surface area contributed by atoms with E-state index in [2.05, 4.69) is 36.2 Å². The largest absolute Gasteiger partial charge is 0.396 e. The number of rotatable bonds is 11. The van der Waals surface area contributed by atoms with Gasteiger partial charge in [-0.2, -0.15) is 15.0 Å². The average molecular weight is 595 g/mol. The van der Waals surface area contributed by atoms with E-state index in [1.165, 1.54) is 4.90 Å². The first kappa shape index (κ1) is 29.6. The molecule has 1 aromatic carbocycles. The molecule has 0 radical (unpaired) electrons. The molecule has 2 aliphatic rings. The molecule has 3 amide bonds. The van der Waals surface area contributed by atoms with Crippen molar-refractivity contribution in [1.29, 1.82) is 0 Å². The lowest BCUT2D eigenvalue weighted by atomic mass is 10.0. The molecule has 3 heterocycles. The molecule has 0 aliphatic carbocycles. The smallest absolute Gasteiger partial charge is 0.244 e. The van der Waals surface area contributed by atoms with Crippen LogP contribution in [0.15, 0.2) is 24.3 Å². The number of aromatic nitrogens is 3. The van der Waals surface area contributed by atoms with Crippen molar-refractivity contribution in [3.63, 3.8) is 0 Å². The molecule has 2 aromatic rings. The molecule has 2 fully saturated rings. The first-order valence-electron chi connectivity index (χ1n) is 13.1. The summed E-state index contributed by atoms with van der Waals surface area (Å²) in [5.74, 6) is -0.558. The zero-order valence-electron chi connectivity index (χ0n) is 22.1. The summed E-state index contributed by atoms with van der Waals surface area (Å²) in [6.45, 7) is 1.37. The van der Waals surface area contributed by atoms with Crippen molar-refractivity contribution in [3.8, 4) is 0 Å². The number of halogens is 2. The van der Waals surface area contributed by atoms with Gasteiger partial charge in [-0.15, -0.1) is 11.6 Å². The number of alkyl halides is 1. The minimum Gasteiger partial charge on any atom is -0.396 e. The second kappa shape index (κ2) is 13.8. The number of piperazine rings is 1. The maximum Gasteiger partial charge on any atom is 0.244 e. The van der Waals surface area contributed by atoms with Crippen molar-refractivity contribution in [2.24, 2.45) is 5.92 Å². The number of hydrogen-bond acceptors (Lipinski definition) is 10. The van der Waals surface area contributed by atoms with Gasteiger partial charge in [0.05, 0.1) is 18.5 Å². The number of aliphatic hydroxyl groups is 1. The van der Waals surface area contributed by atoms with Crippen LogP contribution in [0.3, 0.4) is 0 Å². The molecule has 1 aromatic heterocycles. The molecular formula is C25H33Cl2N9O4. The molecule has 2 unspecified atom stereocenters. The molecule has 216 valence electrons. The van der Waals surface area contributed by atoms with Crippen LogP contribution in [0, 0.1) is 5.92 Å². The van der Waals surface area contributed by atoms with Crippen molar-refractivity contribution in [3.05, 3.63) is 34.9 Å². The monoisotopic (exact) mass is 593 g/mol. The van der Waals surface area contributed by atoms with Gasteiger partial charge < -0.3 is 36.2 Å². The third kappa shape index (κ3) is 7.01. The Balaban J connectivity index is 1.55. The lowest BCUT2D eigenvalue weighted by molar-refractivity contribution is -0.139. The number of amides is 3. The van der Waals surface area contributed by atoms with E-state index in [0.29, 0.717) is 42.9 Å². The summed E-state index contributed by atoms with van der Waals surface area (Å²) in [5.41, 5.74) is 0.784. The van der Waals surface area contributed by atoms with E-state index in [1.807, 2.05) is 18.2 Å². The average Bonchev–Trinajstić information content (AvgIpc) is 3.39. The van der Waals surface area contributed by atoms with Gasteiger partial charge in [-0.05, 0) is 24.5 Å². The lowest BCUT2D eigenvalue weighted by Gasteiger charge is -2.40. The molecule has 2 aliphatic heterocycles. The fourth-order valence-corrected chi connectivity index (χ4v) is 5.20. The van der Waals surface area contributed by atoms with Crippen LogP contribution in [0.1, 0.15) is 24.4 Å². The topological polar surface area (TPSA) is 165 Å². The van der Waals surface area contributed by atoms with Gasteiger partial charge >= 0.3 is 0 Å². The number of aliphatic hydroxyl groups excluding tert-OH is 1. The quantitative estimate of drug-likeness (QED) is 0.233. The minimum atomic E-state index is -0.860. The van der Waals surface area contributed by atoms with Crippen LogP contribution >= 0.6 is 23.2 Å². The maximum absolute atomic E-state index is 13.2. The number of carbonyl (C=O) groups excluding carboxylic acids is 3. The van der Waals surface area contributed by atoms with Gasteiger partial charge in [-0.3, -0.25) is 14.4 Å². The predicted molar refractivity (Wildman–Crippen MR) is 151 cm³/mol. The Hall–Kier alpha value is -3.42. The van der Waals surface area contributed by atoms with E-state index in [9.17, 15) is 19.5 Å². The van der Waals surface area contributed by atoms with Gasteiger partial charge in [0.1, 0.15) is 11.9 Å². The van der Waals surface area contributed by atoms with Crippen molar-refractivity contribution < 1.29 is 19.5 Å². The van der Waals surface area contributed by atoms with Crippen molar-refractivity contribution in [1.82, 2.24) is 30.5 Å². The summed E-state index contributed by atoms with van der Waals surface area (Å²) in [7, 11) is 1.68. The molecule has 4 rings (SSSR count). The van der Waals surface area contributed by atoms with Gasteiger partial charge in [0.25, 0.3) is 0 Å². The molecule has 13 nitrogen and oxygen atoms in total. The standard InChI is InChI=1S/C25H33Cl2N9O4/c1-28-23-32-24(31-18(7-11-37)16-4-2-3-5-17(16)27)34-25(33-23)35-9-10-36(20(38)12-26)19(14-35)22(40)30-13-15-6-8-29-21(15)39/h2-5,15,18-19,37H,6-14H2,1H3,(H,29,39)(H,30,40)(H2,28,31,32,33,34)/t15?,18-,19?/m0/s1. The maximum atomic E-state index is 13.2. The highest BCUT2D eigenvalue weighted by Gasteiger charge is 2.37. The molecule has 40 heavy (non-hydrogen) atoms. The third-order valence-corrected chi connectivity index (χ3v) is 7.51. The van der Waals surface area contributed by atoms with E-state index in [0.717, 1.165) is 5.56 Å². The summed E-state index contributed by atoms with van der Waals surface area (Å²) >= 11 is 12.2. The highest BCUT2D eigenvalue weighted by Crippen LogP contribution is 2.28. The fourth-order valence-electron chi connectivity index (χ4n) is 4.78. The van der Waals surface area contributed by atoms with Crippen molar-refractivity contribution in [2.75, 3.05) is 67.8 Å². The van der Waals surface area contributed by atoms with Crippen LogP contribution < -0.4 is 26.2 Å². The number of nitrogens with one attached hydrogen (secondary N) is 4. The first-order chi connectivity index (χ1) is 19.3. The Kier molecular flexibility index (Phi) is 10.2. The normalized spacial score (nSPS) is 19.6. The summed E-state index contributed by atoms with van der Waals surface area (Å²) < 4.78 is 0. The Labute approximate surface area is 242 Å². The zero-order chi connectivity index (χ0) is 28.6. The van der Waals surface area contributed by atoms with Crippen LogP contribution in [-0.2, 0) is 14.4 Å². The van der Waals surface area contributed by atoms with E-state index in [4.69, 9.17) is 23.2 Å². The molecule has 0 bridgehead atoms. The van der Waals surface area contributed by atoms with Crippen LogP contribution in [0.25, 0.3) is 0 Å². The van der Waals surface area contributed by atoms with Crippen molar-refractivity contribution in [2.45, 2.75) is 24.9 Å². The lowest BCUT2D eigenvalue weighted by Crippen LogP contribution is -2.61. The minimum absolute atomic E-state index is 0.0877.